The zero-order chi connectivity index (χ0) is 29.9. The molecule has 0 bridgehead atoms. The van der Waals surface area contributed by atoms with E-state index in [2.05, 4.69) is 161 Å². The zero-order valence-electron chi connectivity index (χ0n) is 24.8. The van der Waals surface area contributed by atoms with E-state index in [0.717, 1.165) is 17.2 Å². The third-order valence-corrected chi connectivity index (χ3v) is 10.2. The Morgan fingerprint density at radius 3 is 1.87 bits per heavy atom. The standard InChI is InChI=1S/C42H25BN2O/c1-2-12-26(13-3-1)31-25-39-41-42-40(31)30-16-6-10-20-36(30)45(42)37-24-27(22-23-32(37)43(41)33-17-7-11-21-38(33)46-39)44-34-18-8-4-14-28(34)29-15-5-9-19-35(29)44/h1-25H. The van der Waals surface area contributed by atoms with Gasteiger partial charge in [0.25, 0.3) is 6.71 Å². The summed E-state index contributed by atoms with van der Waals surface area (Å²) in [6.45, 7) is 0.0614. The maximum absolute atomic E-state index is 6.78. The molecule has 0 N–H and O–H groups in total. The summed E-state index contributed by atoms with van der Waals surface area (Å²) in [5.41, 5.74) is 13.4. The van der Waals surface area contributed by atoms with Gasteiger partial charge in [0.05, 0.1) is 22.1 Å². The molecule has 0 unspecified atom stereocenters. The molecule has 4 heterocycles. The molecule has 0 amide bonds. The molecule has 0 saturated carbocycles. The van der Waals surface area contributed by atoms with Crippen molar-refractivity contribution in [3.63, 3.8) is 0 Å². The summed E-state index contributed by atoms with van der Waals surface area (Å²) in [7, 11) is 0. The number of hydrogen-bond donors (Lipinski definition) is 0. The van der Waals surface area contributed by atoms with Crippen molar-refractivity contribution in [2.24, 2.45) is 0 Å². The molecular weight excluding hydrogens is 559 g/mol. The van der Waals surface area contributed by atoms with Gasteiger partial charge in [-0.25, -0.2) is 0 Å². The summed E-state index contributed by atoms with van der Waals surface area (Å²) in [5, 5.41) is 5.07. The van der Waals surface area contributed by atoms with Gasteiger partial charge in [0.15, 0.2) is 0 Å². The summed E-state index contributed by atoms with van der Waals surface area (Å²) < 4.78 is 11.7. The van der Waals surface area contributed by atoms with Gasteiger partial charge >= 0.3 is 0 Å². The maximum atomic E-state index is 6.78. The predicted molar refractivity (Wildman–Crippen MR) is 192 cm³/mol. The molecule has 3 nitrogen and oxygen atoms in total. The Balaban J connectivity index is 1.31. The molecule has 2 aliphatic rings. The molecule has 212 valence electrons. The lowest BCUT2D eigenvalue weighted by Gasteiger charge is -2.33. The van der Waals surface area contributed by atoms with Crippen LogP contribution in [0.5, 0.6) is 11.5 Å². The second-order valence-corrected chi connectivity index (χ2v) is 12.5. The summed E-state index contributed by atoms with van der Waals surface area (Å²) in [5.74, 6) is 1.87. The monoisotopic (exact) mass is 584 g/mol. The second-order valence-electron chi connectivity index (χ2n) is 12.5. The van der Waals surface area contributed by atoms with Crippen LogP contribution in [0.4, 0.5) is 0 Å². The van der Waals surface area contributed by atoms with Crippen molar-refractivity contribution in [1.82, 2.24) is 9.13 Å². The van der Waals surface area contributed by atoms with Crippen LogP contribution in [0.1, 0.15) is 0 Å². The highest BCUT2D eigenvalue weighted by atomic mass is 16.5. The molecule has 46 heavy (non-hydrogen) atoms. The fourth-order valence-corrected chi connectivity index (χ4v) is 8.34. The van der Waals surface area contributed by atoms with Crippen molar-refractivity contribution in [2.75, 3.05) is 0 Å². The van der Waals surface area contributed by atoms with Gasteiger partial charge in [0.1, 0.15) is 11.5 Å². The molecule has 0 fully saturated rings. The van der Waals surface area contributed by atoms with Gasteiger partial charge in [-0.3, -0.25) is 0 Å². The fourth-order valence-electron chi connectivity index (χ4n) is 8.34. The highest BCUT2D eigenvalue weighted by molar-refractivity contribution is 6.99. The van der Waals surface area contributed by atoms with Gasteiger partial charge in [-0.05, 0) is 70.0 Å². The smallest absolute Gasteiger partial charge is 0.256 e. The van der Waals surface area contributed by atoms with Crippen LogP contribution in [-0.2, 0) is 0 Å². The van der Waals surface area contributed by atoms with Crippen molar-refractivity contribution >= 4 is 66.7 Å². The van der Waals surface area contributed by atoms with Crippen molar-refractivity contribution in [1.29, 1.82) is 0 Å². The van der Waals surface area contributed by atoms with E-state index in [4.69, 9.17) is 4.74 Å². The number of nitrogens with zero attached hydrogens (tertiary/aromatic N) is 2. The summed E-state index contributed by atoms with van der Waals surface area (Å²) in [6, 6.07) is 55.0. The molecule has 0 radical (unpaired) electrons. The van der Waals surface area contributed by atoms with E-state index in [0.29, 0.717) is 0 Å². The minimum Gasteiger partial charge on any atom is -0.458 e. The SMILES string of the molecule is c1ccc(-c2cc3c4c5c2c2ccccc2n5-c2cc(-n5c6ccccc6c6ccccc65)ccc2B4c2ccccc2O3)cc1. The number of aromatic nitrogens is 2. The number of ether oxygens (including phenoxy) is 1. The lowest BCUT2D eigenvalue weighted by molar-refractivity contribution is 0.488. The van der Waals surface area contributed by atoms with Gasteiger partial charge in [-0.15, -0.1) is 0 Å². The fraction of sp³-hybridized carbons (Fsp3) is 0. The first kappa shape index (κ1) is 24.3. The van der Waals surface area contributed by atoms with E-state index in [1.54, 1.807) is 0 Å². The molecule has 0 aliphatic carbocycles. The van der Waals surface area contributed by atoms with E-state index < -0.39 is 0 Å². The number of fused-ring (bicyclic) bond motifs is 11. The third-order valence-electron chi connectivity index (χ3n) is 10.2. The van der Waals surface area contributed by atoms with Crippen LogP contribution in [0.2, 0.25) is 0 Å². The van der Waals surface area contributed by atoms with Gasteiger partial charge < -0.3 is 13.9 Å². The van der Waals surface area contributed by atoms with E-state index in [1.807, 2.05) is 0 Å². The number of hydrogen-bond acceptors (Lipinski definition) is 1. The third kappa shape index (κ3) is 3.03. The van der Waals surface area contributed by atoms with Crippen LogP contribution in [0.15, 0.2) is 152 Å². The average Bonchev–Trinajstić information content (AvgIpc) is 3.65. The molecule has 2 aliphatic heterocycles. The van der Waals surface area contributed by atoms with E-state index in [-0.39, 0.29) is 6.71 Å². The Hall–Kier alpha value is -6.00. The highest BCUT2D eigenvalue weighted by Crippen LogP contribution is 2.44. The van der Waals surface area contributed by atoms with Gasteiger partial charge in [0, 0.05) is 32.9 Å². The quantitative estimate of drug-likeness (QED) is 0.187. The Morgan fingerprint density at radius 2 is 1.11 bits per heavy atom. The van der Waals surface area contributed by atoms with Crippen LogP contribution in [0, 0.1) is 0 Å². The largest absolute Gasteiger partial charge is 0.458 e. The first-order valence-corrected chi connectivity index (χ1v) is 15.9. The first-order valence-electron chi connectivity index (χ1n) is 15.9. The molecule has 11 rings (SSSR count). The van der Waals surface area contributed by atoms with Crippen LogP contribution in [0.25, 0.3) is 66.1 Å². The molecule has 0 spiro atoms. The van der Waals surface area contributed by atoms with E-state index in [9.17, 15) is 0 Å². The summed E-state index contributed by atoms with van der Waals surface area (Å²) >= 11 is 0. The number of para-hydroxylation sites is 4. The van der Waals surface area contributed by atoms with Crippen LogP contribution >= 0.6 is 0 Å². The molecule has 4 heteroatoms. The maximum Gasteiger partial charge on any atom is 0.256 e. The minimum atomic E-state index is 0.0614. The Kier molecular flexibility index (Phi) is 4.66. The first-order chi connectivity index (χ1) is 22.8. The summed E-state index contributed by atoms with van der Waals surface area (Å²) in [4.78, 5) is 0. The van der Waals surface area contributed by atoms with Gasteiger partial charge in [0.2, 0.25) is 0 Å². The van der Waals surface area contributed by atoms with E-state index in [1.165, 1.54) is 76.8 Å². The van der Waals surface area contributed by atoms with Gasteiger partial charge in [-0.2, -0.15) is 0 Å². The summed E-state index contributed by atoms with van der Waals surface area (Å²) in [6.07, 6.45) is 0. The lowest BCUT2D eigenvalue weighted by atomic mass is 9.34. The Labute approximate surface area is 265 Å². The van der Waals surface area contributed by atoms with Crippen molar-refractivity contribution in [3.05, 3.63) is 152 Å². The number of rotatable bonds is 2. The van der Waals surface area contributed by atoms with Crippen LogP contribution in [-0.4, -0.2) is 15.8 Å². The molecule has 7 aromatic carbocycles. The van der Waals surface area contributed by atoms with Crippen molar-refractivity contribution in [2.45, 2.75) is 0 Å². The highest BCUT2D eigenvalue weighted by Gasteiger charge is 2.41. The number of benzene rings is 7. The molecule has 0 atom stereocenters. The van der Waals surface area contributed by atoms with Crippen LogP contribution in [0.3, 0.4) is 0 Å². The molecule has 2 aromatic heterocycles. The lowest BCUT2D eigenvalue weighted by Crippen LogP contribution is -2.58. The predicted octanol–water partition coefficient (Wildman–Crippen LogP) is 8.48. The average molecular weight is 584 g/mol. The topological polar surface area (TPSA) is 19.1 Å². The Morgan fingerprint density at radius 1 is 0.478 bits per heavy atom. The van der Waals surface area contributed by atoms with E-state index >= 15 is 0 Å². The normalized spacial score (nSPS) is 12.9. The molecule has 9 aromatic rings. The zero-order valence-corrected chi connectivity index (χ0v) is 24.8. The van der Waals surface area contributed by atoms with Crippen molar-refractivity contribution in [3.8, 4) is 34.0 Å². The van der Waals surface area contributed by atoms with Crippen molar-refractivity contribution < 1.29 is 4.74 Å². The molecular formula is C42H25BN2O. The minimum absolute atomic E-state index is 0.0614. The second kappa shape index (κ2) is 8.80. The van der Waals surface area contributed by atoms with Crippen LogP contribution < -0.4 is 21.1 Å². The Bertz CT molecular complexity index is 2680. The van der Waals surface area contributed by atoms with Gasteiger partial charge in [-0.1, -0.05) is 109 Å². The molecule has 0 saturated heterocycles.